The second-order valence-electron chi connectivity index (χ2n) is 3.88. The molecule has 0 atom stereocenters. The molecular formula is C12H12FN3O3. The molecule has 6 nitrogen and oxygen atoms in total. The lowest BCUT2D eigenvalue weighted by Gasteiger charge is -2.03. The zero-order valence-corrected chi connectivity index (χ0v) is 10.2. The van der Waals surface area contributed by atoms with E-state index in [0.717, 1.165) is 18.2 Å². The second kappa shape index (κ2) is 5.47. The number of oxazole rings is 1. The van der Waals surface area contributed by atoms with Crippen LogP contribution in [-0.2, 0) is 13.0 Å². The van der Waals surface area contributed by atoms with Gasteiger partial charge in [0, 0.05) is 18.2 Å². The number of aryl methyl sites for hydroxylation is 1. The molecule has 2 rings (SSSR count). The fraction of sp³-hybridized carbons (Fsp3) is 0.250. The second-order valence-corrected chi connectivity index (χ2v) is 3.88. The van der Waals surface area contributed by atoms with Crippen LogP contribution >= 0.6 is 0 Å². The Bertz CT molecular complexity index is 598. The van der Waals surface area contributed by atoms with Crippen LogP contribution in [0.15, 0.2) is 28.8 Å². The van der Waals surface area contributed by atoms with Gasteiger partial charge in [0.1, 0.15) is 11.6 Å². The summed E-state index contributed by atoms with van der Waals surface area (Å²) in [6.45, 7) is 2.17. The number of nitrogens with zero attached hydrogens (tertiary/aromatic N) is 2. The summed E-state index contributed by atoms with van der Waals surface area (Å²) in [4.78, 5) is 14.0. The molecule has 0 bridgehead atoms. The van der Waals surface area contributed by atoms with Gasteiger partial charge in [0.2, 0.25) is 5.89 Å². The summed E-state index contributed by atoms with van der Waals surface area (Å²) >= 11 is 0. The number of benzene rings is 1. The Hall–Kier alpha value is -2.44. The van der Waals surface area contributed by atoms with Gasteiger partial charge in [-0.25, -0.2) is 9.37 Å². The third-order valence-corrected chi connectivity index (χ3v) is 2.49. The lowest BCUT2D eigenvalue weighted by atomic mass is 10.2. The first-order valence-electron chi connectivity index (χ1n) is 5.71. The van der Waals surface area contributed by atoms with Crippen LogP contribution in [0.3, 0.4) is 0 Å². The number of nitro benzene ring substituents is 1. The number of aromatic nitrogens is 1. The third kappa shape index (κ3) is 3.27. The lowest BCUT2D eigenvalue weighted by Crippen LogP contribution is -2.01. The number of halogens is 1. The number of hydrogen-bond acceptors (Lipinski definition) is 5. The molecule has 0 amide bonds. The average Bonchev–Trinajstić information content (AvgIpc) is 2.83. The largest absolute Gasteiger partial charge is 0.444 e. The molecule has 0 aliphatic rings. The molecule has 0 saturated carbocycles. The van der Waals surface area contributed by atoms with Crippen molar-refractivity contribution < 1.29 is 13.7 Å². The Morgan fingerprint density at radius 2 is 2.26 bits per heavy atom. The van der Waals surface area contributed by atoms with Crippen LogP contribution in [0.2, 0.25) is 0 Å². The molecule has 0 aliphatic carbocycles. The predicted molar refractivity (Wildman–Crippen MR) is 66.3 cm³/mol. The van der Waals surface area contributed by atoms with Crippen LogP contribution in [0, 0.1) is 15.9 Å². The summed E-state index contributed by atoms with van der Waals surface area (Å²) in [5.74, 6) is 0.532. The normalized spacial score (nSPS) is 10.4. The van der Waals surface area contributed by atoms with Gasteiger partial charge < -0.3 is 9.73 Å². The maximum Gasteiger partial charge on any atom is 0.274 e. The number of nitro groups is 1. The van der Waals surface area contributed by atoms with Gasteiger partial charge in [0.15, 0.2) is 0 Å². The van der Waals surface area contributed by atoms with Gasteiger partial charge in [-0.15, -0.1) is 0 Å². The molecule has 0 fully saturated rings. The summed E-state index contributed by atoms with van der Waals surface area (Å²) in [6, 6.07) is 3.30. The van der Waals surface area contributed by atoms with Gasteiger partial charge in [-0.3, -0.25) is 10.1 Å². The first-order chi connectivity index (χ1) is 9.08. The SMILES string of the molecule is CCc1cnc(CNc2cc(F)cc([N+](=O)[O-])c2)o1. The highest BCUT2D eigenvalue weighted by Gasteiger charge is 2.10. The number of rotatable bonds is 5. The molecule has 2 aromatic rings. The monoisotopic (exact) mass is 265 g/mol. The van der Waals surface area contributed by atoms with E-state index in [9.17, 15) is 14.5 Å². The quantitative estimate of drug-likeness (QED) is 0.664. The van der Waals surface area contributed by atoms with Crippen LogP contribution in [0.5, 0.6) is 0 Å². The Balaban J connectivity index is 2.08. The van der Waals surface area contributed by atoms with Gasteiger partial charge in [-0.05, 0) is 6.07 Å². The van der Waals surface area contributed by atoms with Gasteiger partial charge in [-0.2, -0.15) is 0 Å². The van der Waals surface area contributed by atoms with Crippen LogP contribution in [0.25, 0.3) is 0 Å². The third-order valence-electron chi connectivity index (χ3n) is 2.49. The van der Waals surface area contributed by atoms with Gasteiger partial charge in [-0.1, -0.05) is 6.92 Å². The maximum absolute atomic E-state index is 13.2. The van der Waals surface area contributed by atoms with Crippen molar-refractivity contribution in [3.05, 3.63) is 52.0 Å². The smallest absolute Gasteiger partial charge is 0.274 e. The predicted octanol–water partition coefficient (Wildman–Crippen LogP) is 2.90. The minimum Gasteiger partial charge on any atom is -0.444 e. The molecule has 1 aromatic heterocycles. The molecule has 7 heteroatoms. The highest BCUT2D eigenvalue weighted by atomic mass is 19.1. The molecule has 0 saturated heterocycles. The fourth-order valence-electron chi connectivity index (χ4n) is 1.55. The summed E-state index contributed by atoms with van der Waals surface area (Å²) in [7, 11) is 0. The summed E-state index contributed by atoms with van der Waals surface area (Å²) in [5.41, 5.74) is 0.00657. The topological polar surface area (TPSA) is 81.2 Å². The minimum atomic E-state index is -0.668. The van der Waals surface area contributed by atoms with Crippen molar-refractivity contribution in [2.45, 2.75) is 19.9 Å². The Morgan fingerprint density at radius 1 is 1.47 bits per heavy atom. The molecular weight excluding hydrogens is 253 g/mol. The molecule has 0 spiro atoms. The van der Waals surface area contributed by atoms with E-state index in [2.05, 4.69) is 10.3 Å². The van der Waals surface area contributed by atoms with Crippen molar-refractivity contribution in [2.24, 2.45) is 0 Å². The van der Waals surface area contributed by atoms with E-state index in [4.69, 9.17) is 4.42 Å². The molecule has 0 unspecified atom stereocenters. The van der Waals surface area contributed by atoms with Crippen molar-refractivity contribution in [1.29, 1.82) is 0 Å². The number of hydrogen-bond donors (Lipinski definition) is 1. The van der Waals surface area contributed by atoms with E-state index >= 15 is 0 Å². The van der Waals surface area contributed by atoms with Crippen LogP contribution in [0.1, 0.15) is 18.6 Å². The van der Waals surface area contributed by atoms with Crippen LogP contribution < -0.4 is 5.32 Å². The van der Waals surface area contributed by atoms with E-state index in [1.54, 1.807) is 6.20 Å². The molecule has 0 radical (unpaired) electrons. The zero-order valence-electron chi connectivity index (χ0n) is 10.2. The highest BCUT2D eigenvalue weighted by molar-refractivity contribution is 5.51. The first kappa shape index (κ1) is 13.0. The fourth-order valence-corrected chi connectivity index (χ4v) is 1.55. The highest BCUT2D eigenvalue weighted by Crippen LogP contribution is 2.20. The number of non-ortho nitro benzene ring substituents is 1. The zero-order chi connectivity index (χ0) is 13.8. The molecule has 1 heterocycles. The van der Waals surface area contributed by atoms with E-state index in [1.807, 2.05) is 6.92 Å². The number of anilines is 1. The summed E-state index contributed by atoms with van der Waals surface area (Å²) < 4.78 is 18.6. The Morgan fingerprint density at radius 3 is 2.89 bits per heavy atom. The number of nitrogens with one attached hydrogen (secondary N) is 1. The molecule has 1 N–H and O–H groups in total. The lowest BCUT2D eigenvalue weighted by molar-refractivity contribution is -0.385. The maximum atomic E-state index is 13.2. The van der Waals surface area contributed by atoms with E-state index < -0.39 is 10.7 Å². The van der Waals surface area contributed by atoms with Crippen molar-refractivity contribution >= 4 is 11.4 Å². The van der Waals surface area contributed by atoms with Crippen LogP contribution in [-0.4, -0.2) is 9.91 Å². The average molecular weight is 265 g/mol. The molecule has 19 heavy (non-hydrogen) atoms. The minimum absolute atomic E-state index is 0.237. The van der Waals surface area contributed by atoms with Crippen molar-refractivity contribution in [3.8, 4) is 0 Å². The van der Waals surface area contributed by atoms with Crippen LogP contribution in [0.4, 0.5) is 15.8 Å². The van der Waals surface area contributed by atoms with Crippen molar-refractivity contribution in [3.63, 3.8) is 0 Å². The molecule has 1 aromatic carbocycles. The van der Waals surface area contributed by atoms with Gasteiger partial charge >= 0.3 is 0 Å². The standard InChI is InChI=1S/C12H12FN3O3/c1-2-11-6-15-12(19-11)7-14-9-3-8(13)4-10(5-9)16(17)18/h3-6,14H,2,7H2,1H3. The Labute approximate surface area is 108 Å². The van der Waals surface area contributed by atoms with Crippen molar-refractivity contribution in [1.82, 2.24) is 4.98 Å². The molecule has 100 valence electrons. The summed E-state index contributed by atoms with van der Waals surface area (Å²) in [5, 5.41) is 13.4. The van der Waals surface area contributed by atoms with E-state index in [-0.39, 0.29) is 12.2 Å². The summed E-state index contributed by atoms with van der Waals surface area (Å²) in [6.07, 6.45) is 2.35. The van der Waals surface area contributed by atoms with Gasteiger partial charge in [0.25, 0.3) is 5.69 Å². The van der Waals surface area contributed by atoms with Gasteiger partial charge in [0.05, 0.1) is 23.7 Å². The van der Waals surface area contributed by atoms with Crippen molar-refractivity contribution in [2.75, 3.05) is 5.32 Å². The first-order valence-corrected chi connectivity index (χ1v) is 5.71. The van der Waals surface area contributed by atoms with E-state index in [1.165, 1.54) is 12.1 Å². The Kier molecular flexibility index (Phi) is 3.74. The molecule has 0 aliphatic heterocycles. The van der Waals surface area contributed by atoms with E-state index in [0.29, 0.717) is 11.6 Å².